The van der Waals surface area contributed by atoms with Gasteiger partial charge in [-0.05, 0) is 31.0 Å². The largest absolute Gasteiger partial charge is 0.335 e. The van der Waals surface area contributed by atoms with Crippen LogP contribution in [0.3, 0.4) is 0 Å². The van der Waals surface area contributed by atoms with Crippen LogP contribution in [0.4, 0.5) is 4.79 Å². The van der Waals surface area contributed by atoms with E-state index >= 15 is 0 Å². The highest BCUT2D eigenvalue weighted by atomic mass is 16.2. The van der Waals surface area contributed by atoms with E-state index in [2.05, 4.69) is 20.3 Å². The van der Waals surface area contributed by atoms with Crippen LogP contribution in [0.1, 0.15) is 25.7 Å². The van der Waals surface area contributed by atoms with Crippen LogP contribution in [0, 0.1) is 0 Å². The van der Waals surface area contributed by atoms with Crippen molar-refractivity contribution in [1.82, 2.24) is 29.9 Å². The number of amides is 2. The molecule has 0 unspecified atom stereocenters. The molecule has 0 radical (unpaired) electrons. The maximum Gasteiger partial charge on any atom is 0.317 e. The zero-order valence-electron chi connectivity index (χ0n) is 16.7. The molecular formula is C21H28N6O2. The molecule has 1 N–H and O–H groups in total. The van der Waals surface area contributed by atoms with Gasteiger partial charge in [-0.2, -0.15) is 5.10 Å². The van der Waals surface area contributed by atoms with Gasteiger partial charge in [0.15, 0.2) is 0 Å². The van der Waals surface area contributed by atoms with Crippen molar-refractivity contribution in [2.75, 3.05) is 32.7 Å². The van der Waals surface area contributed by atoms with Gasteiger partial charge < -0.3 is 10.2 Å². The summed E-state index contributed by atoms with van der Waals surface area (Å²) in [6, 6.07) is 7.50. The first-order chi connectivity index (χ1) is 14.2. The molecule has 8 heteroatoms. The Balaban J connectivity index is 1.28. The van der Waals surface area contributed by atoms with Gasteiger partial charge in [-0.15, -0.1) is 0 Å². The average molecular weight is 396 g/mol. The highest BCUT2D eigenvalue weighted by Crippen LogP contribution is 2.18. The second kappa shape index (κ2) is 9.17. The van der Waals surface area contributed by atoms with E-state index in [9.17, 15) is 9.59 Å². The summed E-state index contributed by atoms with van der Waals surface area (Å²) >= 11 is 0. The van der Waals surface area contributed by atoms with E-state index in [-0.39, 0.29) is 11.6 Å². The van der Waals surface area contributed by atoms with Crippen molar-refractivity contribution in [2.24, 2.45) is 0 Å². The molecule has 0 aromatic carbocycles. The van der Waals surface area contributed by atoms with Crippen molar-refractivity contribution in [1.29, 1.82) is 0 Å². The normalized spacial score (nSPS) is 18.1. The Morgan fingerprint density at radius 3 is 2.45 bits per heavy atom. The second-order valence-corrected chi connectivity index (χ2v) is 7.78. The van der Waals surface area contributed by atoms with Crippen LogP contribution in [0.25, 0.3) is 11.3 Å². The fourth-order valence-electron chi connectivity index (χ4n) is 4.03. The number of piperazine rings is 1. The summed E-state index contributed by atoms with van der Waals surface area (Å²) in [5, 5.41) is 7.66. The standard InChI is InChI=1S/C21H28N6O2/c28-20-6-5-19(17-7-9-22-10-8-17)24-27(20)16-13-25-11-14-26(15-12-25)21(29)23-18-3-1-2-4-18/h5-10,18H,1-4,11-16H2,(H,23,29). The van der Waals surface area contributed by atoms with E-state index in [1.807, 2.05) is 17.0 Å². The molecule has 0 spiro atoms. The molecule has 8 nitrogen and oxygen atoms in total. The summed E-state index contributed by atoms with van der Waals surface area (Å²) < 4.78 is 1.52. The molecule has 0 bridgehead atoms. The van der Waals surface area contributed by atoms with Crippen molar-refractivity contribution in [3.05, 3.63) is 47.0 Å². The molecule has 0 atom stereocenters. The fourth-order valence-corrected chi connectivity index (χ4v) is 4.03. The average Bonchev–Trinajstić information content (AvgIpc) is 3.27. The number of rotatable bonds is 5. The number of pyridine rings is 1. The van der Waals surface area contributed by atoms with Gasteiger partial charge in [0.2, 0.25) is 0 Å². The Morgan fingerprint density at radius 1 is 1.00 bits per heavy atom. The molecule has 1 aliphatic heterocycles. The molecule has 1 saturated carbocycles. The van der Waals surface area contributed by atoms with Gasteiger partial charge in [-0.1, -0.05) is 12.8 Å². The lowest BCUT2D eigenvalue weighted by Crippen LogP contribution is -2.53. The van der Waals surface area contributed by atoms with Crippen molar-refractivity contribution in [3.63, 3.8) is 0 Å². The summed E-state index contributed by atoms with van der Waals surface area (Å²) in [6.45, 7) is 4.35. The summed E-state index contributed by atoms with van der Waals surface area (Å²) in [7, 11) is 0. The van der Waals surface area contributed by atoms with Gasteiger partial charge in [0.05, 0.1) is 12.2 Å². The number of aromatic nitrogens is 3. The Kier molecular flexibility index (Phi) is 6.19. The predicted molar refractivity (Wildman–Crippen MR) is 111 cm³/mol. The zero-order chi connectivity index (χ0) is 20.1. The zero-order valence-corrected chi connectivity index (χ0v) is 16.7. The van der Waals surface area contributed by atoms with Gasteiger partial charge in [-0.25, -0.2) is 9.48 Å². The third kappa shape index (κ3) is 5.00. The summed E-state index contributed by atoms with van der Waals surface area (Å²) in [5.41, 5.74) is 1.61. The quantitative estimate of drug-likeness (QED) is 0.830. The van der Waals surface area contributed by atoms with Crippen molar-refractivity contribution >= 4 is 6.03 Å². The minimum atomic E-state index is -0.0996. The minimum absolute atomic E-state index is 0.0690. The van der Waals surface area contributed by atoms with Gasteiger partial charge in [-0.3, -0.25) is 14.7 Å². The van der Waals surface area contributed by atoms with Crippen LogP contribution < -0.4 is 10.9 Å². The lowest BCUT2D eigenvalue weighted by molar-refractivity contribution is 0.133. The topological polar surface area (TPSA) is 83.4 Å². The first-order valence-corrected chi connectivity index (χ1v) is 10.5. The van der Waals surface area contributed by atoms with Gasteiger partial charge in [0, 0.05) is 62.8 Å². The van der Waals surface area contributed by atoms with Crippen LogP contribution in [0.5, 0.6) is 0 Å². The maximum atomic E-state index is 12.4. The summed E-state index contributed by atoms with van der Waals surface area (Å²) in [6.07, 6.45) is 8.07. The van der Waals surface area contributed by atoms with Gasteiger partial charge >= 0.3 is 6.03 Å². The summed E-state index contributed by atoms with van der Waals surface area (Å²) in [5.74, 6) is 0. The van der Waals surface area contributed by atoms with Crippen LogP contribution in [-0.4, -0.2) is 69.4 Å². The van der Waals surface area contributed by atoms with Crippen molar-refractivity contribution in [3.8, 4) is 11.3 Å². The van der Waals surface area contributed by atoms with E-state index < -0.39 is 0 Å². The number of hydrogen-bond acceptors (Lipinski definition) is 5. The number of nitrogens with one attached hydrogen (secondary N) is 1. The monoisotopic (exact) mass is 396 g/mol. The number of nitrogens with zero attached hydrogens (tertiary/aromatic N) is 5. The lowest BCUT2D eigenvalue weighted by Gasteiger charge is -2.35. The molecular weight excluding hydrogens is 368 g/mol. The molecule has 29 heavy (non-hydrogen) atoms. The summed E-state index contributed by atoms with van der Waals surface area (Å²) in [4.78, 5) is 32.8. The molecule has 2 aromatic heterocycles. The smallest absolute Gasteiger partial charge is 0.317 e. The molecule has 2 aromatic rings. The van der Waals surface area contributed by atoms with Crippen molar-refractivity contribution in [2.45, 2.75) is 38.3 Å². The third-order valence-corrected chi connectivity index (χ3v) is 5.81. The minimum Gasteiger partial charge on any atom is -0.335 e. The molecule has 3 heterocycles. The van der Waals surface area contributed by atoms with Crippen LogP contribution in [-0.2, 0) is 6.54 Å². The highest BCUT2D eigenvalue weighted by Gasteiger charge is 2.24. The second-order valence-electron chi connectivity index (χ2n) is 7.78. The van der Waals surface area contributed by atoms with Crippen LogP contribution in [0.2, 0.25) is 0 Å². The third-order valence-electron chi connectivity index (χ3n) is 5.81. The number of carbonyl (C=O) groups excluding carboxylic acids is 1. The molecule has 1 saturated heterocycles. The Morgan fingerprint density at radius 2 is 1.72 bits per heavy atom. The van der Waals surface area contributed by atoms with Crippen molar-refractivity contribution < 1.29 is 4.79 Å². The first kappa shape index (κ1) is 19.6. The first-order valence-electron chi connectivity index (χ1n) is 10.5. The van der Waals surface area contributed by atoms with E-state index in [0.717, 1.165) is 56.8 Å². The SMILES string of the molecule is O=C(NC1CCCC1)N1CCN(CCn2nc(-c3ccncc3)ccc2=O)CC1. The van der Waals surface area contributed by atoms with Gasteiger partial charge in [0.25, 0.3) is 5.56 Å². The predicted octanol–water partition coefficient (Wildman–Crippen LogP) is 1.58. The molecule has 2 amide bonds. The van der Waals surface area contributed by atoms with Gasteiger partial charge in [0.1, 0.15) is 0 Å². The Hall–Kier alpha value is -2.74. The maximum absolute atomic E-state index is 12.4. The Bertz CT molecular complexity index is 870. The van der Waals surface area contributed by atoms with E-state index in [0.29, 0.717) is 12.6 Å². The molecule has 154 valence electrons. The van der Waals surface area contributed by atoms with Crippen LogP contribution in [0.15, 0.2) is 41.5 Å². The number of urea groups is 1. The van der Waals surface area contributed by atoms with E-state index in [1.54, 1.807) is 24.5 Å². The van der Waals surface area contributed by atoms with Crippen LogP contribution >= 0.6 is 0 Å². The molecule has 2 fully saturated rings. The van der Waals surface area contributed by atoms with E-state index in [1.165, 1.54) is 17.5 Å². The number of carbonyl (C=O) groups is 1. The molecule has 2 aliphatic rings. The lowest BCUT2D eigenvalue weighted by atomic mass is 10.2. The molecule has 1 aliphatic carbocycles. The van der Waals surface area contributed by atoms with E-state index in [4.69, 9.17) is 0 Å². The highest BCUT2D eigenvalue weighted by molar-refractivity contribution is 5.74. The Labute approximate surface area is 170 Å². The number of hydrogen-bond donors (Lipinski definition) is 1. The molecule has 4 rings (SSSR count). The fraction of sp³-hybridized carbons (Fsp3) is 0.524.